The molecule has 0 aliphatic heterocycles. The molecule has 0 aliphatic rings. The SMILES string of the molecule is CCOc1ccc(NC(=O)CCc2ncc(-c3ccc(OC)cc3OC)o2)cc1. The lowest BCUT2D eigenvalue weighted by Crippen LogP contribution is -2.12. The van der Waals surface area contributed by atoms with Gasteiger partial charge in [-0.25, -0.2) is 4.98 Å². The topological polar surface area (TPSA) is 82.8 Å². The second-order valence-corrected chi connectivity index (χ2v) is 6.19. The Kier molecular flexibility index (Phi) is 6.73. The van der Waals surface area contributed by atoms with Crippen LogP contribution in [0.4, 0.5) is 5.69 Å². The Morgan fingerprint density at radius 2 is 1.83 bits per heavy atom. The van der Waals surface area contributed by atoms with Crippen LogP contribution in [0.15, 0.2) is 53.1 Å². The van der Waals surface area contributed by atoms with Crippen molar-refractivity contribution in [1.29, 1.82) is 0 Å². The lowest BCUT2D eigenvalue weighted by Gasteiger charge is -2.08. The monoisotopic (exact) mass is 396 g/mol. The number of aromatic nitrogens is 1. The number of benzene rings is 2. The van der Waals surface area contributed by atoms with E-state index in [1.54, 1.807) is 26.5 Å². The predicted octanol–water partition coefficient (Wildman–Crippen LogP) is 4.33. The van der Waals surface area contributed by atoms with Crippen molar-refractivity contribution in [3.05, 3.63) is 54.6 Å². The maximum Gasteiger partial charge on any atom is 0.224 e. The van der Waals surface area contributed by atoms with Crippen LogP contribution in [0.2, 0.25) is 0 Å². The van der Waals surface area contributed by atoms with Crippen LogP contribution in [0.25, 0.3) is 11.3 Å². The highest BCUT2D eigenvalue weighted by molar-refractivity contribution is 5.90. The van der Waals surface area contributed by atoms with Crippen molar-refractivity contribution >= 4 is 11.6 Å². The van der Waals surface area contributed by atoms with E-state index in [-0.39, 0.29) is 12.3 Å². The fraction of sp³-hybridized carbons (Fsp3) is 0.273. The van der Waals surface area contributed by atoms with Gasteiger partial charge in [0, 0.05) is 24.6 Å². The molecule has 0 radical (unpaired) electrons. The maximum absolute atomic E-state index is 12.2. The van der Waals surface area contributed by atoms with Crippen LogP contribution in [0.3, 0.4) is 0 Å². The van der Waals surface area contributed by atoms with Crippen molar-refractivity contribution < 1.29 is 23.4 Å². The van der Waals surface area contributed by atoms with Gasteiger partial charge in [0.2, 0.25) is 5.91 Å². The predicted molar refractivity (Wildman–Crippen MR) is 110 cm³/mol. The van der Waals surface area contributed by atoms with Gasteiger partial charge >= 0.3 is 0 Å². The number of carbonyl (C=O) groups excluding carboxylic acids is 1. The Morgan fingerprint density at radius 3 is 2.52 bits per heavy atom. The highest BCUT2D eigenvalue weighted by Gasteiger charge is 2.14. The third-order valence-corrected chi connectivity index (χ3v) is 4.24. The molecule has 29 heavy (non-hydrogen) atoms. The minimum absolute atomic E-state index is 0.115. The van der Waals surface area contributed by atoms with Crippen LogP contribution in [0.1, 0.15) is 19.2 Å². The molecular formula is C22H24N2O5. The van der Waals surface area contributed by atoms with E-state index < -0.39 is 0 Å². The first-order chi connectivity index (χ1) is 14.1. The fourth-order valence-electron chi connectivity index (χ4n) is 2.80. The van der Waals surface area contributed by atoms with Gasteiger partial charge < -0.3 is 23.9 Å². The number of amides is 1. The molecule has 3 rings (SSSR count). The summed E-state index contributed by atoms with van der Waals surface area (Å²) in [5, 5.41) is 2.85. The van der Waals surface area contributed by atoms with Crippen molar-refractivity contribution in [2.45, 2.75) is 19.8 Å². The lowest BCUT2D eigenvalue weighted by molar-refractivity contribution is -0.116. The summed E-state index contributed by atoms with van der Waals surface area (Å²) < 4.78 is 21.8. The van der Waals surface area contributed by atoms with Crippen LogP contribution in [0, 0.1) is 0 Å². The highest BCUT2D eigenvalue weighted by Crippen LogP contribution is 2.33. The van der Waals surface area contributed by atoms with Gasteiger partial charge in [-0.1, -0.05) is 0 Å². The van der Waals surface area contributed by atoms with Crippen LogP contribution >= 0.6 is 0 Å². The van der Waals surface area contributed by atoms with Crippen LogP contribution in [-0.2, 0) is 11.2 Å². The largest absolute Gasteiger partial charge is 0.497 e. The third kappa shape index (κ3) is 5.28. The summed E-state index contributed by atoms with van der Waals surface area (Å²) in [5.41, 5.74) is 1.49. The minimum atomic E-state index is -0.115. The quantitative estimate of drug-likeness (QED) is 0.580. The number of nitrogens with zero attached hydrogens (tertiary/aromatic N) is 1. The summed E-state index contributed by atoms with van der Waals surface area (Å²) in [6.07, 6.45) is 2.28. The Labute approximate surface area is 169 Å². The zero-order chi connectivity index (χ0) is 20.6. The number of hydrogen-bond donors (Lipinski definition) is 1. The summed E-state index contributed by atoms with van der Waals surface area (Å²) in [6.45, 7) is 2.53. The van der Waals surface area contributed by atoms with Crippen molar-refractivity contribution in [3.63, 3.8) is 0 Å². The molecule has 0 aliphatic carbocycles. The fourth-order valence-corrected chi connectivity index (χ4v) is 2.80. The van der Waals surface area contributed by atoms with Gasteiger partial charge in [0.25, 0.3) is 0 Å². The molecule has 1 aromatic heterocycles. The normalized spacial score (nSPS) is 10.4. The molecule has 1 N–H and O–H groups in total. The van der Waals surface area contributed by atoms with Crippen LogP contribution < -0.4 is 19.5 Å². The lowest BCUT2D eigenvalue weighted by atomic mass is 10.1. The van der Waals surface area contributed by atoms with Gasteiger partial charge in [-0.05, 0) is 43.3 Å². The standard InChI is InChI=1S/C22H24N2O5/c1-4-28-16-7-5-15(6-8-16)24-21(25)11-12-22-23-14-20(29-22)18-10-9-17(26-2)13-19(18)27-3/h5-10,13-14H,4,11-12H2,1-3H3,(H,24,25). The van der Waals surface area contributed by atoms with Crippen LogP contribution in [0.5, 0.6) is 17.2 Å². The van der Waals surface area contributed by atoms with Crippen molar-refractivity contribution in [2.24, 2.45) is 0 Å². The zero-order valence-electron chi connectivity index (χ0n) is 16.7. The summed E-state index contributed by atoms with van der Waals surface area (Å²) in [6, 6.07) is 12.7. The van der Waals surface area contributed by atoms with E-state index in [2.05, 4.69) is 10.3 Å². The second-order valence-electron chi connectivity index (χ2n) is 6.19. The van der Waals surface area contributed by atoms with Gasteiger partial charge in [0.05, 0.1) is 32.6 Å². The number of carbonyl (C=O) groups is 1. The number of methoxy groups -OCH3 is 2. The molecule has 1 heterocycles. The summed E-state index contributed by atoms with van der Waals surface area (Å²) in [4.78, 5) is 16.5. The molecule has 0 unspecified atom stereocenters. The molecule has 0 fully saturated rings. The average molecular weight is 396 g/mol. The van der Waals surface area contributed by atoms with Crippen LogP contribution in [-0.4, -0.2) is 31.7 Å². The molecule has 7 heteroatoms. The molecule has 0 atom stereocenters. The van der Waals surface area contributed by atoms with Gasteiger partial charge in [0.15, 0.2) is 11.7 Å². The van der Waals surface area contributed by atoms with E-state index >= 15 is 0 Å². The molecule has 0 bridgehead atoms. The summed E-state index contributed by atoms with van der Waals surface area (Å²) in [7, 11) is 3.18. The number of rotatable bonds is 9. The van der Waals surface area contributed by atoms with E-state index in [9.17, 15) is 4.79 Å². The van der Waals surface area contributed by atoms with Crippen molar-refractivity contribution in [3.8, 4) is 28.6 Å². The van der Waals surface area contributed by atoms with Gasteiger partial charge in [-0.15, -0.1) is 0 Å². The number of hydrogen-bond acceptors (Lipinski definition) is 6. The number of anilines is 1. The Bertz CT molecular complexity index is 950. The Hall–Kier alpha value is -3.48. The average Bonchev–Trinajstić information content (AvgIpc) is 3.22. The summed E-state index contributed by atoms with van der Waals surface area (Å²) in [5.74, 6) is 3.03. The molecule has 0 saturated heterocycles. The Morgan fingerprint density at radius 1 is 1.07 bits per heavy atom. The first-order valence-electron chi connectivity index (χ1n) is 9.32. The molecule has 3 aromatic rings. The zero-order valence-corrected chi connectivity index (χ0v) is 16.7. The first-order valence-corrected chi connectivity index (χ1v) is 9.32. The van der Waals surface area contributed by atoms with Gasteiger partial charge in [-0.3, -0.25) is 4.79 Å². The van der Waals surface area contributed by atoms with E-state index in [1.807, 2.05) is 43.3 Å². The molecular weight excluding hydrogens is 372 g/mol. The molecule has 1 amide bonds. The number of aryl methyl sites for hydroxylation is 1. The van der Waals surface area contributed by atoms with E-state index in [0.29, 0.717) is 36.2 Å². The molecule has 0 saturated carbocycles. The summed E-state index contributed by atoms with van der Waals surface area (Å²) >= 11 is 0. The third-order valence-electron chi connectivity index (χ3n) is 4.24. The number of nitrogens with one attached hydrogen (secondary N) is 1. The van der Waals surface area contributed by atoms with E-state index in [0.717, 1.165) is 17.0 Å². The second kappa shape index (κ2) is 9.64. The molecule has 0 spiro atoms. The smallest absolute Gasteiger partial charge is 0.224 e. The molecule has 7 nitrogen and oxygen atoms in total. The maximum atomic E-state index is 12.2. The van der Waals surface area contributed by atoms with Crippen molar-refractivity contribution in [1.82, 2.24) is 4.98 Å². The van der Waals surface area contributed by atoms with E-state index in [1.165, 1.54) is 0 Å². The molecule has 152 valence electrons. The van der Waals surface area contributed by atoms with E-state index in [4.69, 9.17) is 18.6 Å². The van der Waals surface area contributed by atoms with Gasteiger partial charge in [0.1, 0.15) is 17.2 Å². The number of oxazole rings is 1. The highest BCUT2D eigenvalue weighted by atomic mass is 16.5. The van der Waals surface area contributed by atoms with Gasteiger partial charge in [-0.2, -0.15) is 0 Å². The minimum Gasteiger partial charge on any atom is -0.497 e. The first kappa shape index (κ1) is 20.3. The molecule has 2 aromatic carbocycles. The van der Waals surface area contributed by atoms with Crippen molar-refractivity contribution in [2.75, 3.05) is 26.1 Å². The Balaban J connectivity index is 1.58. The number of ether oxygens (including phenoxy) is 3.